The number of nitrogens with one attached hydrogen (secondary N) is 2. The zero-order chi connectivity index (χ0) is 19.8. The number of hydrogen-bond acceptors (Lipinski definition) is 4. The molecule has 1 saturated heterocycles. The molecule has 28 heavy (non-hydrogen) atoms. The minimum Gasteiger partial charge on any atom is -0.457 e. The Morgan fingerprint density at radius 1 is 1.04 bits per heavy atom. The Morgan fingerprint density at radius 2 is 1.71 bits per heavy atom. The number of urea groups is 1. The van der Waals surface area contributed by atoms with E-state index in [1.807, 2.05) is 61.5 Å². The summed E-state index contributed by atoms with van der Waals surface area (Å²) in [4.78, 5) is 17.0. The van der Waals surface area contributed by atoms with Crippen molar-refractivity contribution in [3.8, 4) is 11.5 Å². The fourth-order valence-corrected chi connectivity index (χ4v) is 3.28. The van der Waals surface area contributed by atoms with Gasteiger partial charge in [-0.1, -0.05) is 36.4 Å². The van der Waals surface area contributed by atoms with E-state index in [4.69, 9.17) is 4.74 Å². The van der Waals surface area contributed by atoms with Crippen LogP contribution < -0.4 is 15.4 Å². The Morgan fingerprint density at radius 3 is 2.46 bits per heavy atom. The van der Waals surface area contributed by atoms with Crippen molar-refractivity contribution in [1.82, 2.24) is 20.4 Å². The van der Waals surface area contributed by atoms with Crippen molar-refractivity contribution in [1.29, 1.82) is 0 Å². The van der Waals surface area contributed by atoms with Gasteiger partial charge in [-0.05, 0) is 32.2 Å². The number of benzene rings is 2. The standard InChI is InChI=1S/C22H30N4O2/c1-18(17-26-14-12-25(2)13-15-26)24-22(27)23-16-19-8-6-7-11-21(19)28-20-9-4-3-5-10-20/h3-11,18H,12-17H2,1-2H3,(H2,23,24,27). The number of carbonyl (C=O) groups is 1. The molecule has 3 rings (SSSR count). The molecule has 0 spiro atoms. The van der Waals surface area contributed by atoms with Crippen molar-refractivity contribution in [2.24, 2.45) is 0 Å². The molecule has 0 radical (unpaired) electrons. The number of hydrogen-bond donors (Lipinski definition) is 2. The van der Waals surface area contributed by atoms with Gasteiger partial charge in [-0.25, -0.2) is 4.79 Å². The van der Waals surface area contributed by atoms with Gasteiger partial charge in [0.25, 0.3) is 0 Å². The van der Waals surface area contributed by atoms with Gasteiger partial charge in [-0.3, -0.25) is 4.90 Å². The minimum atomic E-state index is -0.156. The summed E-state index contributed by atoms with van der Waals surface area (Å²) < 4.78 is 5.95. The topological polar surface area (TPSA) is 56.8 Å². The van der Waals surface area contributed by atoms with Gasteiger partial charge in [0.05, 0.1) is 0 Å². The Kier molecular flexibility index (Phi) is 7.28. The zero-order valence-corrected chi connectivity index (χ0v) is 16.7. The van der Waals surface area contributed by atoms with Crippen LogP contribution in [0.5, 0.6) is 11.5 Å². The monoisotopic (exact) mass is 382 g/mol. The SMILES string of the molecule is CC(CN1CCN(C)CC1)NC(=O)NCc1ccccc1Oc1ccccc1. The predicted molar refractivity (Wildman–Crippen MR) is 112 cm³/mol. The van der Waals surface area contributed by atoms with Crippen LogP contribution in [0.1, 0.15) is 12.5 Å². The number of nitrogens with zero attached hydrogens (tertiary/aromatic N) is 2. The van der Waals surface area contributed by atoms with Crippen molar-refractivity contribution in [2.75, 3.05) is 39.8 Å². The molecular weight excluding hydrogens is 352 g/mol. The van der Waals surface area contributed by atoms with Crippen LogP contribution in [0.15, 0.2) is 54.6 Å². The van der Waals surface area contributed by atoms with Gasteiger partial charge in [0.2, 0.25) is 0 Å². The molecule has 6 nitrogen and oxygen atoms in total. The number of likely N-dealkylation sites (N-methyl/N-ethyl adjacent to an activating group) is 1. The summed E-state index contributed by atoms with van der Waals surface area (Å²) in [7, 11) is 2.14. The number of para-hydroxylation sites is 2. The van der Waals surface area contributed by atoms with Crippen molar-refractivity contribution in [3.05, 3.63) is 60.2 Å². The lowest BCUT2D eigenvalue weighted by molar-refractivity contribution is 0.144. The summed E-state index contributed by atoms with van der Waals surface area (Å²) >= 11 is 0. The molecule has 0 saturated carbocycles. The molecule has 1 fully saturated rings. The van der Waals surface area contributed by atoms with Gasteiger partial charge in [0.1, 0.15) is 11.5 Å². The fourth-order valence-electron chi connectivity index (χ4n) is 3.28. The minimum absolute atomic E-state index is 0.0965. The Balaban J connectivity index is 1.46. The van der Waals surface area contributed by atoms with Gasteiger partial charge in [-0.15, -0.1) is 0 Å². The Bertz CT molecular complexity index is 745. The molecular formula is C22H30N4O2. The van der Waals surface area contributed by atoms with Crippen molar-refractivity contribution < 1.29 is 9.53 Å². The first-order valence-corrected chi connectivity index (χ1v) is 9.86. The van der Waals surface area contributed by atoms with Crippen LogP contribution in [0.3, 0.4) is 0 Å². The lowest BCUT2D eigenvalue weighted by Crippen LogP contribution is -2.51. The molecule has 1 aliphatic heterocycles. The average Bonchev–Trinajstić information content (AvgIpc) is 2.70. The quantitative estimate of drug-likeness (QED) is 0.773. The lowest BCUT2D eigenvalue weighted by Gasteiger charge is -2.34. The third-order valence-corrected chi connectivity index (χ3v) is 4.89. The van der Waals surface area contributed by atoms with Crippen LogP contribution in [0.4, 0.5) is 4.79 Å². The highest BCUT2D eigenvalue weighted by atomic mass is 16.5. The van der Waals surface area contributed by atoms with Crippen LogP contribution in [0.2, 0.25) is 0 Å². The van der Waals surface area contributed by atoms with Crippen LogP contribution in [0, 0.1) is 0 Å². The molecule has 0 aliphatic carbocycles. The van der Waals surface area contributed by atoms with E-state index in [-0.39, 0.29) is 12.1 Å². The highest BCUT2D eigenvalue weighted by Crippen LogP contribution is 2.24. The molecule has 0 bridgehead atoms. The lowest BCUT2D eigenvalue weighted by atomic mass is 10.2. The van der Waals surface area contributed by atoms with Gasteiger partial charge in [-0.2, -0.15) is 0 Å². The number of amides is 2. The Hall–Kier alpha value is -2.57. The second kappa shape index (κ2) is 10.1. The number of carbonyl (C=O) groups excluding carboxylic acids is 1. The zero-order valence-electron chi connectivity index (χ0n) is 16.7. The summed E-state index contributed by atoms with van der Waals surface area (Å²) in [5.41, 5.74) is 0.938. The van der Waals surface area contributed by atoms with Crippen LogP contribution in [-0.4, -0.2) is 61.6 Å². The van der Waals surface area contributed by atoms with E-state index in [2.05, 4.69) is 27.5 Å². The molecule has 1 heterocycles. The largest absolute Gasteiger partial charge is 0.457 e. The molecule has 150 valence electrons. The van der Waals surface area contributed by atoms with E-state index in [9.17, 15) is 4.79 Å². The van der Waals surface area contributed by atoms with E-state index in [1.165, 1.54) is 0 Å². The molecule has 0 aromatic heterocycles. The number of rotatable bonds is 7. The number of ether oxygens (including phenoxy) is 1. The van der Waals surface area contributed by atoms with E-state index < -0.39 is 0 Å². The highest BCUT2D eigenvalue weighted by molar-refractivity contribution is 5.74. The van der Waals surface area contributed by atoms with E-state index in [1.54, 1.807) is 0 Å². The first-order valence-electron chi connectivity index (χ1n) is 9.86. The second-order valence-electron chi connectivity index (χ2n) is 7.35. The first kappa shape index (κ1) is 20.2. The molecule has 2 aromatic rings. The smallest absolute Gasteiger partial charge is 0.315 e. The van der Waals surface area contributed by atoms with Crippen molar-refractivity contribution in [2.45, 2.75) is 19.5 Å². The average molecular weight is 383 g/mol. The van der Waals surface area contributed by atoms with Crippen LogP contribution in [0.25, 0.3) is 0 Å². The summed E-state index contributed by atoms with van der Waals surface area (Å²) in [6.07, 6.45) is 0. The molecule has 6 heteroatoms. The van der Waals surface area contributed by atoms with E-state index >= 15 is 0 Å². The van der Waals surface area contributed by atoms with Gasteiger partial charge in [0.15, 0.2) is 0 Å². The maximum Gasteiger partial charge on any atom is 0.315 e. The Labute approximate surface area is 167 Å². The molecule has 2 N–H and O–H groups in total. The molecule has 1 unspecified atom stereocenters. The van der Waals surface area contributed by atoms with Crippen LogP contribution in [-0.2, 0) is 6.54 Å². The summed E-state index contributed by atoms with van der Waals surface area (Å²) in [5, 5.41) is 5.98. The first-order chi connectivity index (χ1) is 13.6. The second-order valence-corrected chi connectivity index (χ2v) is 7.35. The fraction of sp³-hybridized carbons (Fsp3) is 0.409. The summed E-state index contributed by atoms with van der Waals surface area (Å²) in [6.45, 7) is 7.59. The predicted octanol–water partition coefficient (Wildman–Crippen LogP) is 2.91. The summed E-state index contributed by atoms with van der Waals surface area (Å²) in [6, 6.07) is 17.3. The van der Waals surface area contributed by atoms with Crippen molar-refractivity contribution in [3.63, 3.8) is 0 Å². The van der Waals surface area contributed by atoms with Crippen LogP contribution >= 0.6 is 0 Å². The normalized spacial score (nSPS) is 16.4. The van der Waals surface area contributed by atoms with Gasteiger partial charge >= 0.3 is 6.03 Å². The third kappa shape index (κ3) is 6.25. The molecule has 1 atom stereocenters. The maximum atomic E-state index is 12.3. The van der Waals surface area contributed by atoms with E-state index in [0.717, 1.165) is 49.8 Å². The highest BCUT2D eigenvalue weighted by Gasteiger charge is 2.17. The summed E-state index contributed by atoms with van der Waals surface area (Å²) in [5.74, 6) is 1.53. The van der Waals surface area contributed by atoms with E-state index in [0.29, 0.717) is 6.54 Å². The number of piperazine rings is 1. The third-order valence-electron chi connectivity index (χ3n) is 4.89. The molecule has 2 aromatic carbocycles. The van der Waals surface area contributed by atoms with Crippen molar-refractivity contribution >= 4 is 6.03 Å². The molecule has 2 amide bonds. The molecule has 1 aliphatic rings. The maximum absolute atomic E-state index is 12.3. The van der Waals surface area contributed by atoms with Gasteiger partial charge in [0, 0.05) is 50.9 Å². The van der Waals surface area contributed by atoms with Gasteiger partial charge < -0.3 is 20.3 Å².